The van der Waals surface area contributed by atoms with Crippen molar-refractivity contribution in [1.29, 1.82) is 0 Å². The van der Waals surface area contributed by atoms with Crippen LogP contribution < -0.4 is 5.43 Å². The molecule has 130 valence electrons. The molecule has 0 spiro atoms. The van der Waals surface area contributed by atoms with Crippen LogP contribution in [-0.2, 0) is 0 Å². The van der Waals surface area contributed by atoms with Gasteiger partial charge >= 0.3 is 0 Å². The topological polar surface area (TPSA) is 24.4 Å². The molecule has 1 N–H and O–H groups in total. The Morgan fingerprint density at radius 2 is 1.50 bits per heavy atom. The van der Waals surface area contributed by atoms with Crippen LogP contribution in [0.3, 0.4) is 0 Å². The third kappa shape index (κ3) is 13.0. The molecule has 1 aliphatic heterocycles. The van der Waals surface area contributed by atoms with E-state index >= 15 is 0 Å². The van der Waals surface area contributed by atoms with Gasteiger partial charge in [0.1, 0.15) is 7.85 Å². The first-order valence-electron chi connectivity index (χ1n) is 9.22. The van der Waals surface area contributed by atoms with Gasteiger partial charge < -0.3 is 0 Å². The molecule has 22 heavy (non-hydrogen) atoms. The van der Waals surface area contributed by atoms with Crippen molar-refractivity contribution in [1.82, 2.24) is 5.43 Å². The number of allylic oxidation sites excluding steroid dienone is 1. The molecule has 1 atom stereocenters. The van der Waals surface area contributed by atoms with Gasteiger partial charge in [-0.15, -0.1) is 0 Å². The minimum atomic E-state index is 0.473. The van der Waals surface area contributed by atoms with Gasteiger partial charge in [0.15, 0.2) is 0 Å². The summed E-state index contributed by atoms with van der Waals surface area (Å²) >= 11 is 0. The number of nitrogens with zero attached hydrogens (tertiary/aromatic N) is 1. The number of hydrogen-bond donors (Lipinski definition) is 1. The maximum absolute atomic E-state index is 5.91. The van der Waals surface area contributed by atoms with Crippen LogP contribution in [0.4, 0.5) is 0 Å². The van der Waals surface area contributed by atoms with E-state index in [0.29, 0.717) is 5.92 Å². The summed E-state index contributed by atoms with van der Waals surface area (Å²) in [4.78, 5) is 0. The highest BCUT2D eigenvalue weighted by Crippen LogP contribution is 2.27. The van der Waals surface area contributed by atoms with Crippen molar-refractivity contribution in [2.75, 3.05) is 0 Å². The lowest BCUT2D eigenvalue weighted by Crippen LogP contribution is -2.27. The number of hydrogen-bond acceptors (Lipinski definition) is 2. The largest absolute Gasteiger partial charge is 0.293 e. The van der Waals surface area contributed by atoms with Gasteiger partial charge in [0.25, 0.3) is 0 Å². The Kier molecular flexibility index (Phi) is 21.8. The molecule has 0 saturated heterocycles. The average Bonchev–Trinajstić information content (AvgIpc) is 2.50. The number of hydrazone groups is 1. The normalized spacial score (nSPS) is 16.1. The highest BCUT2D eigenvalue weighted by atomic mass is 15.3. The van der Waals surface area contributed by atoms with Crippen LogP contribution in [0.1, 0.15) is 94.9 Å². The molecule has 0 saturated carbocycles. The van der Waals surface area contributed by atoms with Crippen molar-refractivity contribution in [2.24, 2.45) is 16.9 Å². The Morgan fingerprint density at radius 1 is 1.05 bits per heavy atom. The van der Waals surface area contributed by atoms with Crippen LogP contribution in [0.25, 0.3) is 0 Å². The zero-order chi connectivity index (χ0) is 18.1. The lowest BCUT2D eigenvalue weighted by Gasteiger charge is -2.27. The first kappa shape index (κ1) is 26.2. The minimum absolute atomic E-state index is 0.473. The van der Waals surface area contributed by atoms with Crippen molar-refractivity contribution in [3.05, 3.63) is 11.2 Å². The molecule has 1 aliphatic rings. The second-order valence-corrected chi connectivity index (χ2v) is 5.63. The first-order valence-corrected chi connectivity index (χ1v) is 9.22. The Hall–Kier alpha value is -0.725. The SMILES string of the molecule is CC.CC.CC(C)C.[B]C1=C(CCC)C(CCC)C(C)=NN1. The van der Waals surface area contributed by atoms with Crippen LogP contribution in [-0.4, -0.2) is 13.6 Å². The van der Waals surface area contributed by atoms with E-state index in [1.54, 1.807) is 0 Å². The van der Waals surface area contributed by atoms with Crippen molar-refractivity contribution in [3.8, 4) is 0 Å². The monoisotopic (exact) mass is 308 g/mol. The van der Waals surface area contributed by atoms with Crippen LogP contribution in [0.5, 0.6) is 0 Å². The lowest BCUT2D eigenvalue weighted by molar-refractivity contribution is 0.620. The fourth-order valence-corrected chi connectivity index (χ4v) is 1.99. The van der Waals surface area contributed by atoms with Gasteiger partial charge in [-0.25, -0.2) is 0 Å². The summed E-state index contributed by atoms with van der Waals surface area (Å²) in [7, 11) is 5.91. The molecule has 0 bridgehead atoms. The maximum Gasteiger partial charge on any atom is 0.140 e. The van der Waals surface area contributed by atoms with Gasteiger partial charge in [-0.1, -0.05) is 80.7 Å². The fourth-order valence-electron chi connectivity index (χ4n) is 1.99. The predicted molar refractivity (Wildman–Crippen MR) is 106 cm³/mol. The number of rotatable bonds is 4. The van der Waals surface area contributed by atoms with E-state index < -0.39 is 0 Å². The standard InChI is InChI=1S/C11H19BN2.C4H10.2C2H6/c1-4-6-9-8(3)13-14-11(12)10(9)7-5-2;1-4(2)3;2*1-2/h9,14H,4-7H2,1-3H3;4H,1-3H3;2*1-2H3. The third-order valence-electron chi connectivity index (χ3n) is 2.72. The molecule has 0 amide bonds. The molecule has 2 radical (unpaired) electrons. The van der Waals surface area contributed by atoms with E-state index in [1.165, 1.54) is 17.7 Å². The molecule has 0 aromatic carbocycles. The summed E-state index contributed by atoms with van der Waals surface area (Å²) in [6.07, 6.45) is 4.56. The molecule has 2 nitrogen and oxygen atoms in total. The van der Waals surface area contributed by atoms with Gasteiger partial charge in [-0.2, -0.15) is 5.10 Å². The smallest absolute Gasteiger partial charge is 0.140 e. The average molecular weight is 308 g/mol. The zero-order valence-corrected chi connectivity index (χ0v) is 17.0. The molecule has 1 heterocycles. The number of nitrogens with one attached hydrogen (secondary N) is 1. The van der Waals surface area contributed by atoms with E-state index in [9.17, 15) is 0 Å². The Balaban J connectivity index is -0.000000383. The van der Waals surface area contributed by atoms with Gasteiger partial charge in [-0.3, -0.25) is 5.43 Å². The Morgan fingerprint density at radius 3 is 1.86 bits per heavy atom. The fraction of sp³-hybridized carbons (Fsp3) is 0.842. The van der Waals surface area contributed by atoms with E-state index in [1.807, 2.05) is 27.7 Å². The summed E-state index contributed by atoms with van der Waals surface area (Å²) in [6.45, 7) is 21.0. The second kappa shape index (κ2) is 18.3. The summed E-state index contributed by atoms with van der Waals surface area (Å²) in [5.74, 6) is 1.31. The maximum atomic E-state index is 5.91. The molecule has 1 rings (SSSR count). The zero-order valence-electron chi connectivity index (χ0n) is 17.0. The summed E-state index contributed by atoms with van der Waals surface area (Å²) in [5.41, 5.74) is 6.19. The van der Waals surface area contributed by atoms with E-state index in [0.717, 1.165) is 30.8 Å². The van der Waals surface area contributed by atoms with Crippen LogP contribution >= 0.6 is 0 Å². The third-order valence-corrected chi connectivity index (χ3v) is 2.72. The second-order valence-electron chi connectivity index (χ2n) is 5.63. The molecule has 0 aromatic heterocycles. The summed E-state index contributed by atoms with van der Waals surface area (Å²) in [5, 5.41) is 4.23. The van der Waals surface area contributed by atoms with Gasteiger partial charge in [0.05, 0.1) is 0 Å². The summed E-state index contributed by atoms with van der Waals surface area (Å²) in [6, 6.07) is 0. The van der Waals surface area contributed by atoms with Crippen molar-refractivity contribution < 1.29 is 0 Å². The van der Waals surface area contributed by atoms with Gasteiger partial charge in [-0.05, 0) is 31.3 Å². The quantitative estimate of drug-likeness (QED) is 0.607. The van der Waals surface area contributed by atoms with E-state index in [-0.39, 0.29) is 0 Å². The van der Waals surface area contributed by atoms with Crippen LogP contribution in [0, 0.1) is 11.8 Å². The highest BCUT2D eigenvalue weighted by Gasteiger charge is 2.21. The van der Waals surface area contributed by atoms with Crippen molar-refractivity contribution in [3.63, 3.8) is 0 Å². The minimum Gasteiger partial charge on any atom is -0.293 e. The van der Waals surface area contributed by atoms with E-state index in [2.05, 4.69) is 52.1 Å². The molecule has 0 fully saturated rings. The Bertz CT molecular complexity index is 291. The van der Waals surface area contributed by atoms with Crippen LogP contribution in [0.15, 0.2) is 16.3 Å². The van der Waals surface area contributed by atoms with Gasteiger partial charge in [0.2, 0.25) is 0 Å². The molecule has 1 unspecified atom stereocenters. The molecule has 3 heteroatoms. The van der Waals surface area contributed by atoms with Crippen molar-refractivity contribution in [2.45, 2.75) is 94.9 Å². The van der Waals surface area contributed by atoms with Crippen LogP contribution in [0.2, 0.25) is 0 Å². The van der Waals surface area contributed by atoms with Crippen molar-refractivity contribution >= 4 is 13.6 Å². The molecule has 0 aliphatic carbocycles. The Labute approximate surface area is 142 Å². The van der Waals surface area contributed by atoms with Gasteiger partial charge in [0, 0.05) is 11.6 Å². The molecule has 0 aromatic rings. The lowest BCUT2D eigenvalue weighted by atomic mass is 9.81. The summed E-state index contributed by atoms with van der Waals surface area (Å²) < 4.78 is 0. The molecular weight excluding hydrogens is 267 g/mol. The van der Waals surface area contributed by atoms with E-state index in [4.69, 9.17) is 7.85 Å². The molecular formula is C19H41BN2. The predicted octanol–water partition coefficient (Wildman–Crippen LogP) is 6.28. The highest BCUT2D eigenvalue weighted by molar-refractivity contribution is 6.22. The first-order chi connectivity index (χ1) is 10.4.